The van der Waals surface area contributed by atoms with Gasteiger partial charge in [-0.15, -0.1) is 0 Å². The molecular weight excluding hydrogens is 384 g/mol. The molecule has 7 nitrogen and oxygen atoms in total. The largest absolute Gasteiger partial charge is 0.507 e. The van der Waals surface area contributed by atoms with Crippen molar-refractivity contribution in [3.8, 4) is 11.5 Å². The fourth-order valence-corrected chi connectivity index (χ4v) is 4.42. The Bertz CT molecular complexity index is 996. The van der Waals surface area contributed by atoms with E-state index in [0.29, 0.717) is 17.1 Å². The number of rotatable bonds is 5. The van der Waals surface area contributed by atoms with Crippen molar-refractivity contribution in [1.82, 2.24) is 9.88 Å². The lowest BCUT2D eigenvalue weighted by atomic mass is 9.95. The predicted octanol–water partition coefficient (Wildman–Crippen LogP) is 3.46. The van der Waals surface area contributed by atoms with Crippen LogP contribution in [0.15, 0.2) is 48.3 Å². The minimum Gasteiger partial charge on any atom is -0.507 e. The van der Waals surface area contributed by atoms with Crippen molar-refractivity contribution in [1.29, 1.82) is 0 Å². The molecule has 1 aliphatic heterocycles. The fourth-order valence-electron chi connectivity index (χ4n) is 4.42. The second-order valence-electron chi connectivity index (χ2n) is 7.49. The minimum atomic E-state index is -0.681. The third-order valence-corrected chi connectivity index (χ3v) is 5.88. The molecule has 2 heterocycles. The number of carbonyl (C=O) groups is 2. The fraction of sp³-hybridized carbons (Fsp3) is 0.348. The highest BCUT2D eigenvalue weighted by atomic mass is 16.5. The lowest BCUT2D eigenvalue weighted by Gasteiger charge is -2.30. The second kappa shape index (κ2) is 8.18. The van der Waals surface area contributed by atoms with Crippen molar-refractivity contribution < 1.29 is 24.2 Å². The number of methoxy groups -OCH3 is 2. The summed E-state index contributed by atoms with van der Waals surface area (Å²) in [5, 5.41) is 11.2. The first-order valence-electron chi connectivity index (χ1n) is 9.99. The lowest BCUT2D eigenvalue weighted by Crippen LogP contribution is -2.37. The van der Waals surface area contributed by atoms with Gasteiger partial charge in [0.2, 0.25) is 0 Å². The van der Waals surface area contributed by atoms with E-state index >= 15 is 0 Å². The summed E-state index contributed by atoms with van der Waals surface area (Å²) < 4.78 is 10.6. The number of aromatic nitrogens is 1. The van der Waals surface area contributed by atoms with Gasteiger partial charge in [0.05, 0.1) is 31.4 Å². The predicted molar refractivity (Wildman–Crippen MR) is 110 cm³/mol. The molecule has 2 aromatic rings. The first-order chi connectivity index (χ1) is 14.6. The van der Waals surface area contributed by atoms with Gasteiger partial charge < -0.3 is 19.5 Å². The summed E-state index contributed by atoms with van der Waals surface area (Å²) in [6.45, 7) is 0. The van der Waals surface area contributed by atoms with E-state index < -0.39 is 17.7 Å². The molecule has 156 valence electrons. The molecule has 2 aliphatic rings. The van der Waals surface area contributed by atoms with Crippen LogP contribution in [0, 0.1) is 0 Å². The van der Waals surface area contributed by atoms with Gasteiger partial charge in [0.1, 0.15) is 17.3 Å². The van der Waals surface area contributed by atoms with Crippen LogP contribution in [0.25, 0.3) is 5.76 Å². The Morgan fingerprint density at radius 3 is 2.40 bits per heavy atom. The zero-order chi connectivity index (χ0) is 21.3. The van der Waals surface area contributed by atoms with Crippen LogP contribution in [0.3, 0.4) is 0 Å². The number of nitrogens with zero attached hydrogens (tertiary/aromatic N) is 2. The van der Waals surface area contributed by atoms with Gasteiger partial charge in [-0.3, -0.25) is 14.6 Å². The van der Waals surface area contributed by atoms with Gasteiger partial charge in [-0.2, -0.15) is 0 Å². The SMILES string of the molecule is COc1ccc(/C(O)=C2/C(=O)C(=O)N(C3CCCC3)C2c2ccncc2)c(OC)c1. The third kappa shape index (κ3) is 3.30. The summed E-state index contributed by atoms with van der Waals surface area (Å²) in [4.78, 5) is 31.8. The molecule has 0 radical (unpaired) electrons. The second-order valence-corrected chi connectivity index (χ2v) is 7.49. The zero-order valence-corrected chi connectivity index (χ0v) is 17.0. The minimum absolute atomic E-state index is 0.0253. The number of hydrogen-bond donors (Lipinski definition) is 1. The third-order valence-electron chi connectivity index (χ3n) is 5.88. The quantitative estimate of drug-likeness (QED) is 0.463. The van der Waals surface area contributed by atoms with E-state index in [1.807, 2.05) is 0 Å². The average Bonchev–Trinajstić information content (AvgIpc) is 3.40. The molecule has 1 amide bonds. The summed E-state index contributed by atoms with van der Waals surface area (Å²) in [6, 6.07) is 7.79. The zero-order valence-electron chi connectivity index (χ0n) is 17.0. The molecule has 7 heteroatoms. The maximum absolute atomic E-state index is 13.1. The normalized spacial score (nSPS) is 21.3. The average molecular weight is 408 g/mol. The Kier molecular flexibility index (Phi) is 5.44. The maximum atomic E-state index is 13.1. The Hall–Kier alpha value is -3.35. The van der Waals surface area contributed by atoms with E-state index in [1.165, 1.54) is 14.2 Å². The first kappa shape index (κ1) is 19.9. The van der Waals surface area contributed by atoms with Crippen LogP contribution in [-0.4, -0.2) is 46.9 Å². The molecule has 1 aromatic carbocycles. The summed E-state index contributed by atoms with van der Waals surface area (Å²) in [5.74, 6) is -0.597. The Morgan fingerprint density at radius 1 is 1.07 bits per heavy atom. The number of ether oxygens (including phenoxy) is 2. The number of carbonyl (C=O) groups excluding carboxylic acids is 2. The van der Waals surface area contributed by atoms with Crippen LogP contribution in [0.2, 0.25) is 0 Å². The number of benzene rings is 1. The summed E-state index contributed by atoms with van der Waals surface area (Å²) in [7, 11) is 3.01. The number of hydrogen-bond acceptors (Lipinski definition) is 6. The highest BCUT2D eigenvalue weighted by Gasteiger charge is 2.49. The Morgan fingerprint density at radius 2 is 1.77 bits per heavy atom. The van der Waals surface area contributed by atoms with Gasteiger partial charge in [0.15, 0.2) is 0 Å². The van der Waals surface area contributed by atoms with E-state index in [-0.39, 0.29) is 17.4 Å². The number of amides is 1. The molecule has 1 saturated carbocycles. The van der Waals surface area contributed by atoms with Crippen LogP contribution in [0.5, 0.6) is 11.5 Å². The lowest BCUT2D eigenvalue weighted by molar-refractivity contribution is -0.141. The van der Waals surface area contributed by atoms with Crippen LogP contribution in [0.1, 0.15) is 42.9 Å². The molecule has 0 spiro atoms. The monoisotopic (exact) mass is 408 g/mol. The van der Waals surface area contributed by atoms with Gasteiger partial charge in [0, 0.05) is 24.5 Å². The Labute approximate surface area is 174 Å². The highest BCUT2D eigenvalue weighted by Crippen LogP contribution is 2.44. The topological polar surface area (TPSA) is 89.0 Å². The summed E-state index contributed by atoms with van der Waals surface area (Å²) in [6.07, 6.45) is 6.98. The van der Waals surface area contributed by atoms with E-state index in [0.717, 1.165) is 31.2 Å². The van der Waals surface area contributed by atoms with Crippen LogP contribution < -0.4 is 9.47 Å². The molecular formula is C23H24N2O5. The van der Waals surface area contributed by atoms with Crippen LogP contribution in [-0.2, 0) is 9.59 Å². The highest BCUT2D eigenvalue weighted by molar-refractivity contribution is 6.46. The van der Waals surface area contributed by atoms with Crippen molar-refractivity contribution in [2.75, 3.05) is 14.2 Å². The Balaban J connectivity index is 1.90. The molecule has 1 aliphatic carbocycles. The summed E-state index contributed by atoms with van der Waals surface area (Å²) >= 11 is 0. The van der Waals surface area contributed by atoms with Gasteiger partial charge >= 0.3 is 0 Å². The molecule has 1 N–H and O–H groups in total. The molecule has 0 bridgehead atoms. The van der Waals surface area contributed by atoms with E-state index in [2.05, 4.69) is 4.98 Å². The number of aliphatic hydroxyl groups excluding tert-OH is 1. The molecule has 4 rings (SSSR count). The van der Waals surface area contributed by atoms with Crippen molar-refractivity contribution in [2.45, 2.75) is 37.8 Å². The number of likely N-dealkylation sites (tertiary alicyclic amines) is 1. The van der Waals surface area contributed by atoms with Crippen molar-refractivity contribution in [3.05, 3.63) is 59.4 Å². The number of pyridine rings is 1. The number of ketones is 1. The smallest absolute Gasteiger partial charge is 0.295 e. The van der Waals surface area contributed by atoms with Gasteiger partial charge in [-0.05, 0) is 42.7 Å². The van der Waals surface area contributed by atoms with Crippen LogP contribution in [0.4, 0.5) is 0 Å². The van der Waals surface area contributed by atoms with Gasteiger partial charge in [-0.1, -0.05) is 12.8 Å². The molecule has 30 heavy (non-hydrogen) atoms. The molecule has 1 unspecified atom stereocenters. The first-order valence-corrected chi connectivity index (χ1v) is 9.99. The van der Waals surface area contributed by atoms with Crippen molar-refractivity contribution >= 4 is 17.4 Å². The van der Waals surface area contributed by atoms with Crippen molar-refractivity contribution in [2.24, 2.45) is 0 Å². The molecule has 1 atom stereocenters. The number of aliphatic hydroxyl groups is 1. The summed E-state index contributed by atoms with van der Waals surface area (Å²) in [5.41, 5.74) is 1.15. The molecule has 1 saturated heterocycles. The van der Waals surface area contributed by atoms with E-state index in [1.54, 1.807) is 47.6 Å². The maximum Gasteiger partial charge on any atom is 0.295 e. The standard InChI is InChI=1S/C23H24N2O5/c1-29-16-7-8-17(18(13-16)30-2)21(26)19-20(14-9-11-24-12-10-14)25(23(28)22(19)27)15-5-3-4-6-15/h7-13,15,20,26H,3-6H2,1-2H3/b21-19-. The van der Waals surface area contributed by atoms with Gasteiger partial charge in [0.25, 0.3) is 11.7 Å². The van der Waals surface area contributed by atoms with E-state index in [4.69, 9.17) is 9.47 Å². The molecule has 1 aromatic heterocycles. The molecule has 2 fully saturated rings. The van der Waals surface area contributed by atoms with Gasteiger partial charge in [-0.25, -0.2) is 0 Å². The van der Waals surface area contributed by atoms with Crippen molar-refractivity contribution in [3.63, 3.8) is 0 Å². The van der Waals surface area contributed by atoms with Crippen LogP contribution >= 0.6 is 0 Å². The number of Topliss-reactive ketones (excluding diaryl/α,β-unsaturated/α-hetero) is 1. The van der Waals surface area contributed by atoms with E-state index in [9.17, 15) is 14.7 Å².